The van der Waals surface area contributed by atoms with Crippen LogP contribution in [0, 0.1) is 34.9 Å². The highest BCUT2D eigenvalue weighted by molar-refractivity contribution is 5.35. The molecule has 2 fully saturated rings. The Morgan fingerprint density at radius 3 is 1.14 bits per heavy atom. The Labute approximate surface area is 251 Å². The molecule has 0 N–H and O–H groups in total. The first-order valence-electron chi connectivity index (χ1n) is 16.2. The number of rotatable bonds is 9. The third-order valence-corrected chi connectivity index (χ3v) is 10.2. The van der Waals surface area contributed by atoms with Gasteiger partial charge in [0.1, 0.15) is 0 Å². The second-order valence-electron chi connectivity index (χ2n) is 12.7. The Bertz CT molecular complexity index is 1410. The van der Waals surface area contributed by atoms with Gasteiger partial charge < -0.3 is 0 Å². The fourth-order valence-electron chi connectivity index (χ4n) is 7.51. The first-order chi connectivity index (χ1) is 20.7. The van der Waals surface area contributed by atoms with E-state index in [0.717, 1.165) is 19.3 Å². The van der Waals surface area contributed by atoms with Gasteiger partial charge in [0.05, 0.1) is 0 Å². The molecule has 6 heteroatoms. The molecular weight excluding hydrogens is 558 g/mol. The van der Waals surface area contributed by atoms with E-state index in [4.69, 9.17) is 0 Å². The van der Waals surface area contributed by atoms with E-state index in [9.17, 15) is 17.6 Å². The summed E-state index contributed by atoms with van der Waals surface area (Å²) in [4.78, 5) is 0. The van der Waals surface area contributed by atoms with Crippen molar-refractivity contribution >= 4 is 0 Å². The van der Waals surface area contributed by atoms with Gasteiger partial charge in [-0.25, -0.2) is 26.3 Å². The standard InChI is InChI=1S/C37H42F6/c1-3-5-6-7-27-17-19-29(35(41)33(27)39)24-10-14-26(15-11-24)31-21-20-30(36(42)37(31)43)25-12-8-23(9-13-25)28-18-16-22(4-2)32(38)34(28)40/h16-21,23-26H,3-15H2,1-2H3. The molecule has 0 radical (unpaired) electrons. The first-order valence-corrected chi connectivity index (χ1v) is 16.2. The molecule has 232 valence electrons. The lowest BCUT2D eigenvalue weighted by atomic mass is 9.74. The van der Waals surface area contributed by atoms with Crippen LogP contribution in [0.4, 0.5) is 26.3 Å². The Balaban J connectivity index is 1.21. The van der Waals surface area contributed by atoms with Crippen LogP contribution in [0.5, 0.6) is 0 Å². The van der Waals surface area contributed by atoms with E-state index >= 15 is 8.78 Å². The summed E-state index contributed by atoms with van der Waals surface area (Å²) in [5.74, 6) is -5.37. The fourth-order valence-corrected chi connectivity index (χ4v) is 7.51. The number of hydrogen-bond acceptors (Lipinski definition) is 0. The third-order valence-electron chi connectivity index (χ3n) is 10.2. The molecule has 0 aromatic heterocycles. The molecular formula is C37H42F6. The van der Waals surface area contributed by atoms with Gasteiger partial charge in [-0.05, 0) is 128 Å². The molecule has 0 unspecified atom stereocenters. The molecule has 3 aromatic rings. The third kappa shape index (κ3) is 6.54. The Kier molecular flexibility index (Phi) is 10.2. The van der Waals surface area contributed by atoms with Gasteiger partial charge in [-0.3, -0.25) is 0 Å². The van der Waals surface area contributed by atoms with Crippen LogP contribution in [-0.4, -0.2) is 0 Å². The lowest BCUT2D eigenvalue weighted by molar-refractivity contribution is 0.358. The van der Waals surface area contributed by atoms with Crippen LogP contribution in [0.25, 0.3) is 0 Å². The quantitative estimate of drug-likeness (QED) is 0.169. The van der Waals surface area contributed by atoms with E-state index in [0.29, 0.717) is 97.6 Å². The predicted molar refractivity (Wildman–Crippen MR) is 160 cm³/mol. The highest BCUT2D eigenvalue weighted by atomic mass is 19.2. The average Bonchev–Trinajstić information content (AvgIpc) is 3.02. The summed E-state index contributed by atoms with van der Waals surface area (Å²) in [6.07, 6.45) is 8.38. The molecule has 0 aliphatic heterocycles. The highest BCUT2D eigenvalue weighted by Gasteiger charge is 2.32. The van der Waals surface area contributed by atoms with Crippen molar-refractivity contribution in [2.45, 2.75) is 121 Å². The molecule has 43 heavy (non-hydrogen) atoms. The van der Waals surface area contributed by atoms with Gasteiger partial charge in [-0.2, -0.15) is 0 Å². The molecule has 0 saturated heterocycles. The number of benzene rings is 3. The van der Waals surface area contributed by atoms with E-state index in [1.807, 2.05) is 0 Å². The van der Waals surface area contributed by atoms with Crippen molar-refractivity contribution in [3.63, 3.8) is 0 Å². The maximum absolute atomic E-state index is 15.4. The molecule has 0 nitrogen and oxygen atoms in total. The van der Waals surface area contributed by atoms with Gasteiger partial charge in [-0.1, -0.05) is 63.1 Å². The zero-order chi connectivity index (χ0) is 30.7. The summed E-state index contributed by atoms with van der Waals surface area (Å²) in [5, 5.41) is 0. The zero-order valence-corrected chi connectivity index (χ0v) is 25.2. The Morgan fingerprint density at radius 1 is 0.442 bits per heavy atom. The first kappa shape index (κ1) is 31.7. The van der Waals surface area contributed by atoms with Crippen molar-refractivity contribution in [3.8, 4) is 0 Å². The van der Waals surface area contributed by atoms with Crippen molar-refractivity contribution in [2.75, 3.05) is 0 Å². The molecule has 2 aliphatic rings. The molecule has 0 heterocycles. The van der Waals surface area contributed by atoms with Gasteiger partial charge >= 0.3 is 0 Å². The summed E-state index contributed by atoms with van der Waals surface area (Å²) in [5.41, 5.74) is 2.22. The van der Waals surface area contributed by atoms with Gasteiger partial charge in [0.25, 0.3) is 0 Å². The largest absolute Gasteiger partial charge is 0.203 e. The molecule has 5 rings (SSSR count). The smallest absolute Gasteiger partial charge is 0.162 e. The molecule has 0 amide bonds. The van der Waals surface area contributed by atoms with E-state index in [-0.39, 0.29) is 23.7 Å². The Morgan fingerprint density at radius 2 is 0.767 bits per heavy atom. The van der Waals surface area contributed by atoms with Crippen molar-refractivity contribution in [1.29, 1.82) is 0 Å². The van der Waals surface area contributed by atoms with E-state index < -0.39 is 34.9 Å². The second-order valence-corrected chi connectivity index (χ2v) is 12.7. The van der Waals surface area contributed by atoms with Crippen LogP contribution in [0.3, 0.4) is 0 Å². The predicted octanol–water partition coefficient (Wildman–Crippen LogP) is 11.7. The number of halogens is 6. The Hall–Kier alpha value is -2.76. The summed E-state index contributed by atoms with van der Waals surface area (Å²) < 4.78 is 89.7. The van der Waals surface area contributed by atoms with Crippen molar-refractivity contribution in [1.82, 2.24) is 0 Å². The van der Waals surface area contributed by atoms with Gasteiger partial charge in [-0.15, -0.1) is 0 Å². The summed E-state index contributed by atoms with van der Waals surface area (Å²) in [6, 6.07) is 10.1. The molecule has 2 saturated carbocycles. The van der Waals surface area contributed by atoms with Crippen LogP contribution in [-0.2, 0) is 12.8 Å². The van der Waals surface area contributed by atoms with Crippen molar-refractivity contribution < 1.29 is 26.3 Å². The van der Waals surface area contributed by atoms with Crippen LogP contribution in [0.1, 0.15) is 142 Å². The van der Waals surface area contributed by atoms with E-state index in [2.05, 4.69) is 6.92 Å². The van der Waals surface area contributed by atoms with Crippen LogP contribution in [0.2, 0.25) is 0 Å². The lowest BCUT2D eigenvalue weighted by Crippen LogP contribution is -2.18. The van der Waals surface area contributed by atoms with Crippen LogP contribution < -0.4 is 0 Å². The topological polar surface area (TPSA) is 0 Å². The van der Waals surface area contributed by atoms with Crippen molar-refractivity contribution in [3.05, 3.63) is 105 Å². The molecule has 3 aromatic carbocycles. The summed E-state index contributed by atoms with van der Waals surface area (Å²) in [7, 11) is 0. The monoisotopic (exact) mass is 600 g/mol. The minimum Gasteiger partial charge on any atom is -0.203 e. The summed E-state index contributed by atoms with van der Waals surface area (Å²) >= 11 is 0. The molecule has 2 aliphatic carbocycles. The second kappa shape index (κ2) is 13.9. The molecule has 0 spiro atoms. The molecule has 0 bridgehead atoms. The van der Waals surface area contributed by atoms with Crippen LogP contribution >= 0.6 is 0 Å². The lowest BCUT2D eigenvalue weighted by Gasteiger charge is -2.31. The van der Waals surface area contributed by atoms with Crippen molar-refractivity contribution in [2.24, 2.45) is 0 Å². The van der Waals surface area contributed by atoms with Crippen LogP contribution in [0.15, 0.2) is 36.4 Å². The average molecular weight is 601 g/mol. The van der Waals surface area contributed by atoms with Gasteiger partial charge in [0.15, 0.2) is 34.9 Å². The SMILES string of the molecule is CCCCCc1ccc(C2CCC(c3ccc(C4CCC(c5ccc(CC)c(F)c5F)CC4)c(F)c3F)CC2)c(F)c1F. The maximum atomic E-state index is 15.4. The minimum atomic E-state index is -0.820. The minimum absolute atomic E-state index is 0.144. The maximum Gasteiger partial charge on any atom is 0.162 e. The fraction of sp³-hybridized carbons (Fsp3) is 0.514. The van der Waals surface area contributed by atoms with E-state index in [1.165, 1.54) is 0 Å². The zero-order valence-electron chi connectivity index (χ0n) is 25.2. The number of aryl methyl sites for hydroxylation is 2. The number of unbranched alkanes of at least 4 members (excludes halogenated alkanes) is 2. The normalized spacial score (nSPS) is 22.6. The van der Waals surface area contributed by atoms with Gasteiger partial charge in [0, 0.05) is 0 Å². The van der Waals surface area contributed by atoms with E-state index in [1.54, 1.807) is 43.3 Å². The summed E-state index contributed by atoms with van der Waals surface area (Å²) in [6.45, 7) is 3.85. The van der Waals surface area contributed by atoms with Gasteiger partial charge in [0.2, 0.25) is 0 Å². The molecule has 0 atom stereocenters. The number of hydrogen-bond donors (Lipinski definition) is 0. The highest BCUT2D eigenvalue weighted by Crippen LogP contribution is 2.46.